The van der Waals surface area contributed by atoms with Gasteiger partial charge in [-0.2, -0.15) is 0 Å². The first-order chi connectivity index (χ1) is 12.7. The van der Waals surface area contributed by atoms with Crippen LogP contribution in [0, 0.1) is 6.92 Å². The number of nitrogens with one attached hydrogen (secondary N) is 1. The zero-order valence-electron chi connectivity index (χ0n) is 14.4. The third-order valence-electron chi connectivity index (χ3n) is 4.59. The summed E-state index contributed by atoms with van der Waals surface area (Å²) >= 11 is 0. The molecule has 0 unspecified atom stereocenters. The van der Waals surface area contributed by atoms with E-state index in [1.807, 2.05) is 42.6 Å². The molecule has 0 atom stereocenters. The summed E-state index contributed by atoms with van der Waals surface area (Å²) in [6, 6.07) is 20.6. The Bertz CT molecular complexity index is 1180. The van der Waals surface area contributed by atoms with Gasteiger partial charge in [-0.05, 0) is 30.7 Å². The van der Waals surface area contributed by atoms with Gasteiger partial charge in [-0.25, -0.2) is 9.97 Å². The van der Waals surface area contributed by atoms with E-state index in [2.05, 4.69) is 46.1 Å². The van der Waals surface area contributed by atoms with Crippen molar-refractivity contribution in [1.82, 2.24) is 15.0 Å². The number of H-pyrrole nitrogens is 1. The predicted molar refractivity (Wildman–Crippen MR) is 103 cm³/mol. The highest BCUT2D eigenvalue weighted by Crippen LogP contribution is 2.28. The first-order valence-corrected chi connectivity index (χ1v) is 8.64. The van der Waals surface area contributed by atoms with Gasteiger partial charge in [0.2, 0.25) is 0 Å². The third kappa shape index (κ3) is 2.65. The van der Waals surface area contributed by atoms with Gasteiger partial charge in [0.25, 0.3) is 0 Å². The number of nitrogens with zero attached hydrogens (tertiary/aromatic N) is 2. The van der Waals surface area contributed by atoms with E-state index in [-0.39, 0.29) is 0 Å². The van der Waals surface area contributed by atoms with Crippen molar-refractivity contribution in [2.75, 3.05) is 0 Å². The average molecular weight is 339 g/mol. The number of furan rings is 1. The number of hydrogen-bond donors (Lipinski definition) is 1. The Balaban J connectivity index is 1.50. The van der Waals surface area contributed by atoms with E-state index in [0.717, 1.165) is 45.7 Å². The summed E-state index contributed by atoms with van der Waals surface area (Å²) in [7, 11) is 0. The molecular formula is C22H17N3O. The number of benzene rings is 2. The van der Waals surface area contributed by atoms with E-state index in [9.17, 15) is 0 Å². The Morgan fingerprint density at radius 1 is 1.00 bits per heavy atom. The fourth-order valence-electron chi connectivity index (χ4n) is 3.19. The highest BCUT2D eigenvalue weighted by atomic mass is 16.3. The van der Waals surface area contributed by atoms with Crippen molar-refractivity contribution in [3.8, 4) is 11.3 Å². The molecule has 1 N–H and O–H groups in total. The van der Waals surface area contributed by atoms with E-state index in [4.69, 9.17) is 4.42 Å². The molecule has 0 fully saturated rings. The molecule has 0 radical (unpaired) electrons. The van der Waals surface area contributed by atoms with Gasteiger partial charge in [0.05, 0.1) is 5.52 Å². The number of aryl methyl sites for hydroxylation is 1. The van der Waals surface area contributed by atoms with Crippen molar-refractivity contribution < 1.29 is 4.42 Å². The molecule has 0 aliphatic rings. The normalized spacial score (nSPS) is 11.4. The lowest BCUT2D eigenvalue weighted by atomic mass is 10.1. The van der Waals surface area contributed by atoms with E-state index >= 15 is 0 Å². The maximum Gasteiger partial charge on any atom is 0.177 e. The van der Waals surface area contributed by atoms with Crippen molar-refractivity contribution in [2.24, 2.45) is 0 Å². The van der Waals surface area contributed by atoms with E-state index in [0.29, 0.717) is 0 Å². The number of aromatic nitrogens is 3. The summed E-state index contributed by atoms with van der Waals surface area (Å²) in [5.74, 6) is 1.73. The smallest absolute Gasteiger partial charge is 0.177 e. The molecule has 126 valence electrons. The zero-order valence-corrected chi connectivity index (χ0v) is 14.4. The van der Waals surface area contributed by atoms with Crippen LogP contribution in [-0.4, -0.2) is 15.0 Å². The summed E-state index contributed by atoms with van der Waals surface area (Å²) < 4.78 is 5.94. The molecule has 26 heavy (non-hydrogen) atoms. The molecule has 0 amide bonds. The summed E-state index contributed by atoms with van der Waals surface area (Å²) in [5.41, 5.74) is 5.96. The number of pyridine rings is 1. The Morgan fingerprint density at radius 2 is 1.85 bits per heavy atom. The topological polar surface area (TPSA) is 54.7 Å². The molecule has 0 aliphatic carbocycles. The Morgan fingerprint density at radius 3 is 2.69 bits per heavy atom. The third-order valence-corrected chi connectivity index (χ3v) is 4.59. The molecule has 4 heteroatoms. The van der Waals surface area contributed by atoms with Gasteiger partial charge in [-0.3, -0.25) is 0 Å². The highest BCUT2D eigenvalue weighted by molar-refractivity contribution is 5.84. The van der Waals surface area contributed by atoms with Crippen LogP contribution in [0.1, 0.15) is 17.0 Å². The maximum absolute atomic E-state index is 5.94. The molecule has 5 aromatic rings. The van der Waals surface area contributed by atoms with Crippen molar-refractivity contribution in [3.05, 3.63) is 83.8 Å². The van der Waals surface area contributed by atoms with Gasteiger partial charge >= 0.3 is 0 Å². The second-order valence-corrected chi connectivity index (χ2v) is 6.59. The van der Waals surface area contributed by atoms with Crippen molar-refractivity contribution >= 4 is 22.1 Å². The quantitative estimate of drug-likeness (QED) is 0.487. The number of para-hydroxylation sites is 1. The van der Waals surface area contributed by atoms with Gasteiger partial charge in [-0.15, -0.1) is 0 Å². The summed E-state index contributed by atoms with van der Waals surface area (Å²) in [5, 5.41) is 1.09. The standard InChI is InChI=1S/C22H17N3O/c1-14-6-8-15(9-7-14)10-21-24-18-11-17(13-23-22(18)25-21)20-12-16-4-2-3-5-19(16)26-20/h2-9,11-13H,10H2,1H3,(H,23,24,25). The van der Waals surface area contributed by atoms with E-state index < -0.39 is 0 Å². The first-order valence-electron chi connectivity index (χ1n) is 8.64. The van der Waals surface area contributed by atoms with Crippen LogP contribution in [-0.2, 0) is 6.42 Å². The molecule has 0 aliphatic heterocycles. The van der Waals surface area contributed by atoms with Crippen LogP contribution >= 0.6 is 0 Å². The maximum atomic E-state index is 5.94. The van der Waals surface area contributed by atoms with Gasteiger partial charge < -0.3 is 9.40 Å². The summed E-state index contributed by atoms with van der Waals surface area (Å²) in [6.07, 6.45) is 2.58. The van der Waals surface area contributed by atoms with Crippen LogP contribution in [0.5, 0.6) is 0 Å². The molecule has 0 saturated heterocycles. The summed E-state index contributed by atoms with van der Waals surface area (Å²) in [4.78, 5) is 12.5. The fraction of sp³-hybridized carbons (Fsp3) is 0.0909. The summed E-state index contributed by atoms with van der Waals surface area (Å²) in [6.45, 7) is 2.09. The number of rotatable bonds is 3. The fourth-order valence-corrected chi connectivity index (χ4v) is 3.19. The van der Waals surface area contributed by atoms with Crippen LogP contribution < -0.4 is 0 Å². The molecular weight excluding hydrogens is 322 g/mol. The Kier molecular flexibility index (Phi) is 3.35. The van der Waals surface area contributed by atoms with E-state index in [1.54, 1.807) is 0 Å². The lowest BCUT2D eigenvalue weighted by molar-refractivity contribution is 0.631. The SMILES string of the molecule is Cc1ccc(Cc2nc3ncc(-c4cc5ccccc5o4)cc3[nH]2)cc1. The molecule has 3 aromatic heterocycles. The molecule has 2 aromatic carbocycles. The molecule has 5 rings (SSSR count). The monoisotopic (exact) mass is 339 g/mol. The lowest BCUT2D eigenvalue weighted by Gasteiger charge is -1.98. The molecule has 0 spiro atoms. The van der Waals surface area contributed by atoms with Crippen molar-refractivity contribution in [3.63, 3.8) is 0 Å². The van der Waals surface area contributed by atoms with Crippen LogP contribution in [0.2, 0.25) is 0 Å². The number of fused-ring (bicyclic) bond motifs is 2. The minimum absolute atomic E-state index is 0.729. The minimum Gasteiger partial charge on any atom is -0.456 e. The number of hydrogen-bond acceptors (Lipinski definition) is 3. The van der Waals surface area contributed by atoms with Crippen LogP contribution in [0.25, 0.3) is 33.5 Å². The van der Waals surface area contributed by atoms with Gasteiger partial charge in [0.15, 0.2) is 5.65 Å². The van der Waals surface area contributed by atoms with Gasteiger partial charge in [0, 0.05) is 23.6 Å². The number of aromatic amines is 1. The minimum atomic E-state index is 0.729. The van der Waals surface area contributed by atoms with Gasteiger partial charge in [-0.1, -0.05) is 48.0 Å². The predicted octanol–water partition coefficient (Wildman–Crippen LogP) is 5.27. The largest absolute Gasteiger partial charge is 0.456 e. The molecule has 0 bridgehead atoms. The van der Waals surface area contributed by atoms with Crippen LogP contribution in [0.4, 0.5) is 0 Å². The number of imidazole rings is 1. The molecule has 0 saturated carbocycles. The lowest BCUT2D eigenvalue weighted by Crippen LogP contribution is -1.90. The average Bonchev–Trinajstić information content (AvgIpc) is 3.26. The second kappa shape index (κ2) is 5.85. The highest BCUT2D eigenvalue weighted by Gasteiger charge is 2.10. The molecule has 3 heterocycles. The first kappa shape index (κ1) is 14.9. The zero-order chi connectivity index (χ0) is 17.5. The van der Waals surface area contributed by atoms with E-state index in [1.165, 1.54) is 11.1 Å². The van der Waals surface area contributed by atoms with Gasteiger partial charge in [0.1, 0.15) is 17.2 Å². The molecule has 4 nitrogen and oxygen atoms in total. The van der Waals surface area contributed by atoms with Crippen molar-refractivity contribution in [2.45, 2.75) is 13.3 Å². The Labute approximate surface area is 150 Å². The van der Waals surface area contributed by atoms with Crippen molar-refractivity contribution in [1.29, 1.82) is 0 Å². The van der Waals surface area contributed by atoms with Crippen LogP contribution in [0.3, 0.4) is 0 Å². The second-order valence-electron chi connectivity index (χ2n) is 6.59. The Hall–Kier alpha value is -3.40. The van der Waals surface area contributed by atoms with Crippen LogP contribution in [0.15, 0.2) is 71.3 Å².